The van der Waals surface area contributed by atoms with E-state index in [1.807, 2.05) is 12.4 Å². The summed E-state index contributed by atoms with van der Waals surface area (Å²) >= 11 is 1.63. The van der Waals surface area contributed by atoms with Crippen molar-refractivity contribution < 1.29 is 0 Å². The fourth-order valence-corrected chi connectivity index (χ4v) is 1.89. The second kappa shape index (κ2) is 4.26. The first-order valence-corrected chi connectivity index (χ1v) is 5.13. The minimum atomic E-state index is 0.797. The Balaban J connectivity index is 2.25. The Hall–Kier alpha value is -1.33. The third-order valence-electron chi connectivity index (χ3n) is 1.71. The molecule has 4 nitrogen and oxygen atoms in total. The first-order valence-electron chi connectivity index (χ1n) is 4.25. The normalized spacial score (nSPS) is 10.4. The van der Waals surface area contributed by atoms with Gasteiger partial charge in [-0.25, -0.2) is 4.98 Å². The average Bonchev–Trinajstić information content (AvgIpc) is 2.68. The van der Waals surface area contributed by atoms with E-state index in [-0.39, 0.29) is 0 Å². The number of rotatable bonds is 3. The first-order chi connectivity index (χ1) is 6.90. The van der Waals surface area contributed by atoms with Crippen LogP contribution in [0.15, 0.2) is 24.0 Å². The SMILES string of the molecule is CNCc1nc(-c2cnccn2)cs1. The second-order valence-electron chi connectivity index (χ2n) is 2.75. The van der Waals surface area contributed by atoms with Gasteiger partial charge in [0.1, 0.15) is 16.4 Å². The largest absolute Gasteiger partial charge is 0.314 e. The van der Waals surface area contributed by atoms with Gasteiger partial charge in [0.05, 0.1) is 6.20 Å². The standard InChI is InChI=1S/C9H10N4S/c1-10-5-9-13-8(6-14-9)7-4-11-2-3-12-7/h2-4,6,10H,5H2,1H3. The van der Waals surface area contributed by atoms with Crippen molar-refractivity contribution in [3.63, 3.8) is 0 Å². The molecule has 0 saturated heterocycles. The predicted molar refractivity (Wildman–Crippen MR) is 55.9 cm³/mol. The van der Waals surface area contributed by atoms with Crippen molar-refractivity contribution in [3.05, 3.63) is 29.0 Å². The molecule has 0 aliphatic rings. The maximum atomic E-state index is 4.42. The van der Waals surface area contributed by atoms with Crippen LogP contribution in [0.3, 0.4) is 0 Å². The first kappa shape index (κ1) is 9.23. The molecule has 0 fully saturated rings. The van der Waals surface area contributed by atoms with Crippen molar-refractivity contribution in [1.29, 1.82) is 0 Å². The van der Waals surface area contributed by atoms with Crippen LogP contribution in [-0.4, -0.2) is 22.0 Å². The van der Waals surface area contributed by atoms with Crippen LogP contribution in [0, 0.1) is 0 Å². The van der Waals surface area contributed by atoms with E-state index in [1.165, 1.54) is 0 Å². The smallest absolute Gasteiger partial charge is 0.108 e. The topological polar surface area (TPSA) is 50.7 Å². The fraction of sp³-hybridized carbons (Fsp3) is 0.222. The number of hydrogen-bond acceptors (Lipinski definition) is 5. The molecule has 0 bridgehead atoms. The summed E-state index contributed by atoms with van der Waals surface area (Å²) in [5.74, 6) is 0. The molecule has 2 aromatic heterocycles. The molecule has 2 rings (SSSR count). The second-order valence-corrected chi connectivity index (χ2v) is 3.69. The number of nitrogens with one attached hydrogen (secondary N) is 1. The van der Waals surface area contributed by atoms with Crippen molar-refractivity contribution in [2.75, 3.05) is 7.05 Å². The highest BCUT2D eigenvalue weighted by molar-refractivity contribution is 7.09. The summed E-state index contributed by atoms with van der Waals surface area (Å²) in [6.45, 7) is 0.797. The van der Waals surface area contributed by atoms with Gasteiger partial charge in [0, 0.05) is 24.3 Å². The average molecular weight is 206 g/mol. The van der Waals surface area contributed by atoms with Gasteiger partial charge in [-0.15, -0.1) is 11.3 Å². The molecule has 0 unspecified atom stereocenters. The van der Waals surface area contributed by atoms with Gasteiger partial charge in [0.15, 0.2) is 0 Å². The lowest BCUT2D eigenvalue weighted by atomic mass is 10.3. The highest BCUT2D eigenvalue weighted by Crippen LogP contribution is 2.18. The van der Waals surface area contributed by atoms with Crippen LogP contribution in [0.4, 0.5) is 0 Å². The van der Waals surface area contributed by atoms with Gasteiger partial charge >= 0.3 is 0 Å². The molecule has 0 aromatic carbocycles. The molecule has 5 heteroatoms. The third-order valence-corrected chi connectivity index (χ3v) is 2.55. The van der Waals surface area contributed by atoms with E-state index in [9.17, 15) is 0 Å². The molecule has 72 valence electrons. The van der Waals surface area contributed by atoms with Crippen molar-refractivity contribution in [2.45, 2.75) is 6.54 Å². The summed E-state index contributed by atoms with van der Waals surface area (Å²) in [5, 5.41) is 6.12. The monoisotopic (exact) mass is 206 g/mol. The molecule has 0 aliphatic carbocycles. The number of aromatic nitrogens is 3. The molecule has 0 radical (unpaired) electrons. The van der Waals surface area contributed by atoms with Crippen molar-refractivity contribution >= 4 is 11.3 Å². The minimum Gasteiger partial charge on any atom is -0.314 e. The van der Waals surface area contributed by atoms with Gasteiger partial charge in [-0.05, 0) is 7.05 Å². The molecular weight excluding hydrogens is 196 g/mol. The summed E-state index contributed by atoms with van der Waals surface area (Å²) in [4.78, 5) is 12.6. The zero-order valence-electron chi connectivity index (χ0n) is 7.77. The number of thiazole rings is 1. The quantitative estimate of drug-likeness (QED) is 0.823. The Morgan fingerprint density at radius 1 is 1.36 bits per heavy atom. The molecular formula is C9H10N4S. The van der Waals surface area contributed by atoms with Gasteiger partial charge in [-0.1, -0.05) is 0 Å². The van der Waals surface area contributed by atoms with E-state index in [2.05, 4.69) is 20.3 Å². The molecule has 0 aliphatic heterocycles. The Labute approximate surface area is 86.1 Å². The van der Waals surface area contributed by atoms with E-state index in [0.717, 1.165) is 22.9 Å². The summed E-state index contributed by atoms with van der Waals surface area (Å²) in [7, 11) is 1.91. The molecule has 14 heavy (non-hydrogen) atoms. The predicted octanol–water partition coefficient (Wildman–Crippen LogP) is 1.32. The van der Waals surface area contributed by atoms with Crippen LogP contribution in [0.25, 0.3) is 11.4 Å². The Morgan fingerprint density at radius 2 is 2.29 bits per heavy atom. The molecule has 0 spiro atoms. The molecule has 0 amide bonds. The third kappa shape index (κ3) is 1.94. The number of nitrogens with zero attached hydrogens (tertiary/aromatic N) is 3. The minimum absolute atomic E-state index is 0.797. The van der Waals surface area contributed by atoms with E-state index in [1.54, 1.807) is 29.9 Å². The van der Waals surface area contributed by atoms with Crippen LogP contribution >= 0.6 is 11.3 Å². The van der Waals surface area contributed by atoms with Crippen molar-refractivity contribution in [2.24, 2.45) is 0 Å². The Bertz CT molecular complexity index is 398. The lowest BCUT2D eigenvalue weighted by molar-refractivity contribution is 0.810. The van der Waals surface area contributed by atoms with Crippen LogP contribution in [-0.2, 0) is 6.54 Å². The van der Waals surface area contributed by atoms with Gasteiger partial charge in [0.25, 0.3) is 0 Å². The van der Waals surface area contributed by atoms with E-state index in [0.29, 0.717) is 0 Å². The lowest BCUT2D eigenvalue weighted by Crippen LogP contribution is -2.04. The zero-order chi connectivity index (χ0) is 9.80. The van der Waals surface area contributed by atoms with Gasteiger partial charge < -0.3 is 5.32 Å². The maximum Gasteiger partial charge on any atom is 0.108 e. The summed E-state index contributed by atoms with van der Waals surface area (Å²) in [6, 6.07) is 0. The highest BCUT2D eigenvalue weighted by Gasteiger charge is 2.04. The summed E-state index contributed by atoms with van der Waals surface area (Å²) < 4.78 is 0. The summed E-state index contributed by atoms with van der Waals surface area (Å²) in [6.07, 6.45) is 5.05. The Morgan fingerprint density at radius 3 is 3.00 bits per heavy atom. The van der Waals surface area contributed by atoms with Gasteiger partial charge in [-0.2, -0.15) is 0 Å². The molecule has 0 atom stereocenters. The molecule has 1 N–H and O–H groups in total. The molecule has 2 aromatic rings. The molecule has 2 heterocycles. The van der Waals surface area contributed by atoms with Crippen LogP contribution in [0.2, 0.25) is 0 Å². The van der Waals surface area contributed by atoms with Crippen LogP contribution < -0.4 is 5.32 Å². The summed E-state index contributed by atoms with van der Waals surface area (Å²) in [5.41, 5.74) is 1.72. The number of hydrogen-bond donors (Lipinski definition) is 1. The highest BCUT2D eigenvalue weighted by atomic mass is 32.1. The fourth-order valence-electron chi connectivity index (χ4n) is 1.09. The maximum absolute atomic E-state index is 4.42. The Kier molecular flexibility index (Phi) is 2.81. The van der Waals surface area contributed by atoms with Crippen LogP contribution in [0.1, 0.15) is 5.01 Å². The molecule has 0 saturated carbocycles. The van der Waals surface area contributed by atoms with Gasteiger partial charge in [-0.3, -0.25) is 9.97 Å². The lowest BCUT2D eigenvalue weighted by Gasteiger charge is -1.93. The van der Waals surface area contributed by atoms with E-state index in [4.69, 9.17) is 0 Å². The van der Waals surface area contributed by atoms with Gasteiger partial charge in [0.2, 0.25) is 0 Å². The zero-order valence-corrected chi connectivity index (χ0v) is 8.58. The van der Waals surface area contributed by atoms with E-state index >= 15 is 0 Å². The van der Waals surface area contributed by atoms with Crippen molar-refractivity contribution in [3.8, 4) is 11.4 Å². The van der Waals surface area contributed by atoms with Crippen molar-refractivity contribution in [1.82, 2.24) is 20.3 Å². The van der Waals surface area contributed by atoms with Crippen LogP contribution in [0.5, 0.6) is 0 Å². The van der Waals surface area contributed by atoms with E-state index < -0.39 is 0 Å².